The van der Waals surface area contributed by atoms with Crippen molar-refractivity contribution in [1.29, 1.82) is 0 Å². The second kappa shape index (κ2) is 5.95. The Balaban J connectivity index is 4.81. The molecular weight excluding hydrogens is 228 g/mol. The molecule has 0 aliphatic heterocycles. The van der Waals surface area contributed by atoms with Crippen LogP contribution in [0.4, 0.5) is 0 Å². The van der Waals surface area contributed by atoms with E-state index in [1.165, 1.54) is 22.7 Å². The fraction of sp³-hybridized carbons (Fsp3) is 1.00. The monoisotopic (exact) mass is 252 g/mol. The molecule has 0 bridgehead atoms. The van der Waals surface area contributed by atoms with Gasteiger partial charge in [0.25, 0.3) is 10.2 Å². The number of hydrogen-bond acceptors (Lipinski definition) is 3. The lowest BCUT2D eigenvalue weighted by molar-refractivity contribution is 0.234. The van der Waals surface area contributed by atoms with Gasteiger partial charge in [-0.25, -0.2) is 0 Å². The van der Waals surface area contributed by atoms with Gasteiger partial charge in [0.2, 0.25) is 0 Å². The summed E-state index contributed by atoms with van der Waals surface area (Å²) in [7, 11) is -0.353. The van der Waals surface area contributed by atoms with Crippen LogP contribution in [0.2, 0.25) is 0 Å². The van der Waals surface area contributed by atoms with Gasteiger partial charge < -0.3 is 5.11 Å². The quantitative estimate of drug-likeness (QED) is 0.750. The van der Waals surface area contributed by atoms with Crippen molar-refractivity contribution in [2.75, 3.05) is 33.8 Å². The highest BCUT2D eigenvalue weighted by Crippen LogP contribution is 2.18. The second-order valence-corrected chi connectivity index (χ2v) is 7.40. The first-order chi connectivity index (χ1) is 7.11. The highest BCUT2D eigenvalue weighted by atomic mass is 32.2. The minimum Gasteiger partial charge on any atom is -0.396 e. The largest absolute Gasteiger partial charge is 0.396 e. The zero-order valence-corrected chi connectivity index (χ0v) is 11.7. The van der Waals surface area contributed by atoms with Crippen LogP contribution in [0.5, 0.6) is 0 Å². The predicted molar refractivity (Wildman–Crippen MR) is 65.3 cm³/mol. The van der Waals surface area contributed by atoms with Gasteiger partial charge in [-0.05, 0) is 11.8 Å². The summed E-state index contributed by atoms with van der Waals surface area (Å²) in [5, 5.41) is 8.78. The first-order valence-corrected chi connectivity index (χ1v) is 6.79. The molecule has 6 heteroatoms. The molecule has 0 aromatic rings. The maximum absolute atomic E-state index is 12.0. The molecule has 0 aromatic carbocycles. The molecule has 0 unspecified atom stereocenters. The standard InChI is InChI=1S/C10H24N2O3S/c1-10(2,3)9-12(7-6-8-13)16(14,15)11(4)5/h13H,6-9H2,1-5H3. The Bertz CT molecular complexity index is 294. The first kappa shape index (κ1) is 15.8. The summed E-state index contributed by atoms with van der Waals surface area (Å²) < 4.78 is 26.6. The average molecular weight is 252 g/mol. The van der Waals surface area contributed by atoms with Crippen LogP contribution in [0.15, 0.2) is 0 Å². The van der Waals surface area contributed by atoms with Crippen molar-refractivity contribution in [2.24, 2.45) is 5.41 Å². The molecule has 1 N–H and O–H groups in total. The van der Waals surface area contributed by atoms with Crippen LogP contribution >= 0.6 is 0 Å². The van der Waals surface area contributed by atoms with Gasteiger partial charge in [-0.1, -0.05) is 20.8 Å². The van der Waals surface area contributed by atoms with Crippen LogP contribution < -0.4 is 0 Å². The van der Waals surface area contributed by atoms with E-state index in [0.717, 1.165) is 0 Å². The molecule has 0 aliphatic rings. The molecular formula is C10H24N2O3S. The molecule has 0 atom stereocenters. The zero-order chi connectivity index (χ0) is 13.0. The highest BCUT2D eigenvalue weighted by Gasteiger charge is 2.28. The fourth-order valence-corrected chi connectivity index (χ4v) is 2.66. The lowest BCUT2D eigenvalue weighted by Crippen LogP contribution is -2.44. The second-order valence-electron chi connectivity index (χ2n) is 5.26. The van der Waals surface area contributed by atoms with Crippen molar-refractivity contribution in [3.63, 3.8) is 0 Å². The first-order valence-electron chi connectivity index (χ1n) is 5.40. The van der Waals surface area contributed by atoms with Crippen molar-refractivity contribution >= 4 is 10.2 Å². The van der Waals surface area contributed by atoms with Crippen molar-refractivity contribution in [2.45, 2.75) is 27.2 Å². The van der Waals surface area contributed by atoms with E-state index in [2.05, 4.69) is 0 Å². The lowest BCUT2D eigenvalue weighted by atomic mass is 9.97. The molecule has 0 aromatic heterocycles. The lowest BCUT2D eigenvalue weighted by Gasteiger charge is -2.31. The number of rotatable bonds is 6. The topological polar surface area (TPSA) is 60.9 Å². The summed E-state index contributed by atoms with van der Waals surface area (Å²) in [6.45, 7) is 6.78. The molecule has 0 aliphatic carbocycles. The van der Waals surface area contributed by atoms with Crippen LogP contribution in [0.1, 0.15) is 27.2 Å². The summed E-state index contributed by atoms with van der Waals surface area (Å²) in [4.78, 5) is 0. The van der Waals surface area contributed by atoms with E-state index in [4.69, 9.17) is 5.11 Å². The van der Waals surface area contributed by atoms with E-state index in [1.54, 1.807) is 0 Å². The Morgan fingerprint density at radius 3 is 2.00 bits per heavy atom. The molecule has 5 nitrogen and oxygen atoms in total. The Morgan fingerprint density at radius 2 is 1.69 bits per heavy atom. The fourth-order valence-electron chi connectivity index (χ4n) is 1.28. The van der Waals surface area contributed by atoms with E-state index in [-0.39, 0.29) is 12.0 Å². The smallest absolute Gasteiger partial charge is 0.281 e. The van der Waals surface area contributed by atoms with E-state index in [1.807, 2.05) is 20.8 Å². The van der Waals surface area contributed by atoms with Gasteiger partial charge >= 0.3 is 0 Å². The SMILES string of the molecule is CN(C)S(=O)(=O)N(CCCO)CC(C)(C)C. The zero-order valence-electron chi connectivity index (χ0n) is 10.9. The Hall–Kier alpha value is -0.170. The number of nitrogens with zero attached hydrogens (tertiary/aromatic N) is 2. The summed E-state index contributed by atoms with van der Waals surface area (Å²) in [6, 6.07) is 0. The molecule has 0 saturated carbocycles. The van der Waals surface area contributed by atoms with Gasteiger partial charge in [0, 0.05) is 33.8 Å². The minimum absolute atomic E-state index is 0.00356. The third-order valence-electron chi connectivity index (χ3n) is 2.00. The van der Waals surface area contributed by atoms with E-state index >= 15 is 0 Å². The van der Waals surface area contributed by atoms with Gasteiger partial charge in [-0.2, -0.15) is 17.0 Å². The molecule has 0 rings (SSSR count). The summed E-state index contributed by atoms with van der Waals surface area (Å²) in [5.74, 6) is 0. The van der Waals surface area contributed by atoms with Crippen molar-refractivity contribution in [3.05, 3.63) is 0 Å². The highest BCUT2D eigenvalue weighted by molar-refractivity contribution is 7.86. The maximum Gasteiger partial charge on any atom is 0.281 e. The molecule has 98 valence electrons. The maximum atomic E-state index is 12.0. The Morgan fingerprint density at radius 1 is 1.19 bits per heavy atom. The normalized spacial score (nSPS) is 13.8. The van der Waals surface area contributed by atoms with Gasteiger partial charge in [-0.15, -0.1) is 0 Å². The molecule has 0 radical (unpaired) electrons. The summed E-state index contributed by atoms with van der Waals surface area (Å²) in [6.07, 6.45) is 0.461. The number of aliphatic hydroxyl groups is 1. The Kier molecular flexibility index (Phi) is 5.89. The van der Waals surface area contributed by atoms with Gasteiger partial charge in [-0.3, -0.25) is 0 Å². The third-order valence-corrected chi connectivity index (χ3v) is 3.89. The van der Waals surface area contributed by atoms with E-state index in [9.17, 15) is 8.42 Å². The van der Waals surface area contributed by atoms with Crippen LogP contribution in [0, 0.1) is 5.41 Å². The average Bonchev–Trinajstić information content (AvgIpc) is 2.09. The van der Waals surface area contributed by atoms with E-state index < -0.39 is 10.2 Å². The van der Waals surface area contributed by atoms with Crippen LogP contribution in [0.25, 0.3) is 0 Å². The van der Waals surface area contributed by atoms with Crippen molar-refractivity contribution in [3.8, 4) is 0 Å². The van der Waals surface area contributed by atoms with Crippen molar-refractivity contribution < 1.29 is 13.5 Å². The molecule has 16 heavy (non-hydrogen) atoms. The molecule has 0 amide bonds. The molecule has 0 fully saturated rings. The molecule has 0 saturated heterocycles. The van der Waals surface area contributed by atoms with Crippen LogP contribution in [-0.2, 0) is 10.2 Å². The molecule has 0 heterocycles. The van der Waals surface area contributed by atoms with Crippen LogP contribution in [0.3, 0.4) is 0 Å². The van der Waals surface area contributed by atoms with E-state index in [0.29, 0.717) is 19.5 Å². The number of aliphatic hydroxyl groups excluding tert-OH is 1. The Labute approximate surface area is 99.2 Å². The summed E-state index contributed by atoms with van der Waals surface area (Å²) >= 11 is 0. The van der Waals surface area contributed by atoms with Crippen molar-refractivity contribution in [1.82, 2.24) is 8.61 Å². The minimum atomic E-state index is -3.39. The third kappa shape index (κ3) is 5.25. The van der Waals surface area contributed by atoms with Crippen LogP contribution in [-0.4, -0.2) is 55.9 Å². The predicted octanol–water partition coefficient (Wildman–Crippen LogP) is 0.523. The summed E-state index contributed by atoms with van der Waals surface area (Å²) in [5.41, 5.74) is -0.0987. The van der Waals surface area contributed by atoms with Gasteiger partial charge in [0.1, 0.15) is 0 Å². The van der Waals surface area contributed by atoms with Gasteiger partial charge in [0.15, 0.2) is 0 Å². The molecule has 0 spiro atoms. The van der Waals surface area contributed by atoms with Gasteiger partial charge in [0.05, 0.1) is 0 Å². The number of hydrogen-bond donors (Lipinski definition) is 1.